The van der Waals surface area contributed by atoms with Crippen molar-refractivity contribution in [2.75, 3.05) is 13.6 Å². The van der Waals surface area contributed by atoms with Gasteiger partial charge in [-0.2, -0.15) is 0 Å². The van der Waals surface area contributed by atoms with Gasteiger partial charge < -0.3 is 4.74 Å². The minimum absolute atomic E-state index is 0.146. The lowest BCUT2D eigenvalue weighted by Crippen LogP contribution is -2.30. The summed E-state index contributed by atoms with van der Waals surface area (Å²) in [6, 6.07) is 10.1. The molecule has 0 saturated heterocycles. The number of hydrogen-bond acceptors (Lipinski definition) is 4. The van der Waals surface area contributed by atoms with Crippen LogP contribution in [0.15, 0.2) is 30.3 Å². The molecule has 1 aromatic carbocycles. The fourth-order valence-electron chi connectivity index (χ4n) is 1.91. The predicted molar refractivity (Wildman–Crippen MR) is 73.6 cm³/mol. The Labute approximate surface area is 114 Å². The number of carbonyl (C=O) groups excluding carboxylic acids is 2. The Morgan fingerprint density at radius 1 is 1.26 bits per heavy atom. The van der Waals surface area contributed by atoms with Gasteiger partial charge in [-0.3, -0.25) is 14.5 Å². The molecule has 1 rings (SSSR count). The van der Waals surface area contributed by atoms with E-state index in [0.717, 1.165) is 6.54 Å². The maximum Gasteiger partial charge on any atom is 0.313 e. The Bertz CT molecular complexity index is 417. The summed E-state index contributed by atoms with van der Waals surface area (Å²) in [6.45, 7) is 4.65. The maximum absolute atomic E-state index is 11.3. The smallest absolute Gasteiger partial charge is 0.313 e. The highest BCUT2D eigenvalue weighted by Gasteiger charge is 2.13. The number of benzene rings is 1. The summed E-state index contributed by atoms with van der Waals surface area (Å²) in [5, 5.41) is 0. The molecule has 0 aliphatic heterocycles. The van der Waals surface area contributed by atoms with Crippen LogP contribution in [-0.4, -0.2) is 36.3 Å². The fourth-order valence-corrected chi connectivity index (χ4v) is 1.91. The first-order valence-corrected chi connectivity index (χ1v) is 6.38. The van der Waals surface area contributed by atoms with Crippen LogP contribution in [-0.2, 0) is 20.9 Å². The van der Waals surface area contributed by atoms with Gasteiger partial charge >= 0.3 is 5.97 Å². The normalized spacial score (nSPS) is 12.2. The molecular weight excluding hydrogens is 242 g/mol. The van der Waals surface area contributed by atoms with E-state index in [-0.39, 0.29) is 18.3 Å². The van der Waals surface area contributed by atoms with E-state index in [0.29, 0.717) is 6.54 Å². The predicted octanol–water partition coefficient (Wildman–Crippen LogP) is 2.03. The van der Waals surface area contributed by atoms with Crippen molar-refractivity contribution in [3.8, 4) is 0 Å². The van der Waals surface area contributed by atoms with Gasteiger partial charge in [-0.15, -0.1) is 0 Å². The number of rotatable bonds is 7. The fraction of sp³-hybridized carbons (Fsp3) is 0.467. The second-order valence-electron chi connectivity index (χ2n) is 4.86. The molecule has 0 aromatic heterocycles. The molecule has 4 nitrogen and oxygen atoms in total. The highest BCUT2D eigenvalue weighted by molar-refractivity contribution is 5.94. The molecule has 0 bridgehead atoms. The van der Waals surface area contributed by atoms with Gasteiger partial charge in [0.05, 0.1) is 0 Å². The van der Waals surface area contributed by atoms with Crippen LogP contribution in [0.25, 0.3) is 0 Å². The molecule has 0 heterocycles. The lowest BCUT2D eigenvalue weighted by atomic mass is 10.2. The van der Waals surface area contributed by atoms with Crippen LogP contribution in [0.5, 0.6) is 0 Å². The zero-order chi connectivity index (χ0) is 14.3. The number of likely N-dealkylation sites (N-methyl/N-ethyl adjacent to an activating group) is 1. The van der Waals surface area contributed by atoms with E-state index < -0.39 is 5.97 Å². The number of carbonyl (C=O) groups is 2. The minimum Gasteiger partial charge on any atom is -0.461 e. The van der Waals surface area contributed by atoms with Gasteiger partial charge in [-0.05, 0) is 26.5 Å². The number of ketones is 1. The second kappa shape index (κ2) is 7.69. The van der Waals surface area contributed by atoms with Crippen molar-refractivity contribution >= 4 is 11.8 Å². The molecule has 0 fully saturated rings. The number of esters is 1. The van der Waals surface area contributed by atoms with Gasteiger partial charge in [0.25, 0.3) is 0 Å². The Morgan fingerprint density at radius 2 is 1.89 bits per heavy atom. The molecule has 0 radical (unpaired) electrons. The zero-order valence-corrected chi connectivity index (χ0v) is 11.8. The van der Waals surface area contributed by atoms with Crippen LogP contribution < -0.4 is 0 Å². The molecule has 0 N–H and O–H groups in total. The minimum atomic E-state index is -0.451. The van der Waals surface area contributed by atoms with Crippen molar-refractivity contribution in [3.63, 3.8) is 0 Å². The third kappa shape index (κ3) is 6.72. The summed E-state index contributed by atoms with van der Waals surface area (Å²) < 4.78 is 5.17. The molecule has 0 aliphatic rings. The summed E-state index contributed by atoms with van der Waals surface area (Å²) in [5.74, 6) is -0.622. The molecule has 1 unspecified atom stereocenters. The van der Waals surface area contributed by atoms with Gasteiger partial charge in [-0.1, -0.05) is 30.3 Å². The maximum atomic E-state index is 11.3. The Kier molecular flexibility index (Phi) is 6.22. The summed E-state index contributed by atoms with van der Waals surface area (Å²) in [7, 11) is 1.97. The second-order valence-corrected chi connectivity index (χ2v) is 4.86. The van der Waals surface area contributed by atoms with Crippen LogP contribution in [0.1, 0.15) is 25.8 Å². The first-order valence-electron chi connectivity index (χ1n) is 6.38. The van der Waals surface area contributed by atoms with E-state index in [1.54, 1.807) is 0 Å². The van der Waals surface area contributed by atoms with E-state index in [1.807, 2.05) is 32.2 Å². The Balaban J connectivity index is 2.33. The van der Waals surface area contributed by atoms with E-state index in [4.69, 9.17) is 4.74 Å². The standard InChI is InChI=1S/C15H21NO3/c1-12(17)9-15(18)19-13(2)10-16(3)11-14-7-5-4-6-8-14/h4-8,13H,9-11H2,1-3H3. The molecule has 104 valence electrons. The average Bonchev–Trinajstić information content (AvgIpc) is 2.28. The Morgan fingerprint density at radius 3 is 2.47 bits per heavy atom. The molecule has 0 spiro atoms. The third-order valence-corrected chi connectivity index (χ3v) is 2.59. The third-order valence-electron chi connectivity index (χ3n) is 2.59. The van der Waals surface area contributed by atoms with E-state index >= 15 is 0 Å². The van der Waals surface area contributed by atoms with Gasteiger partial charge in [0, 0.05) is 13.1 Å². The van der Waals surface area contributed by atoms with Crippen LogP contribution >= 0.6 is 0 Å². The summed E-state index contributed by atoms with van der Waals surface area (Å²) in [6.07, 6.45) is -0.368. The number of hydrogen-bond donors (Lipinski definition) is 0. The summed E-state index contributed by atoms with van der Waals surface area (Å²) in [5.41, 5.74) is 1.22. The first-order chi connectivity index (χ1) is 8.97. The van der Waals surface area contributed by atoms with E-state index in [9.17, 15) is 9.59 Å². The molecule has 0 amide bonds. The summed E-state index contributed by atoms with van der Waals surface area (Å²) in [4.78, 5) is 24.2. The molecule has 19 heavy (non-hydrogen) atoms. The van der Waals surface area contributed by atoms with Crippen molar-refractivity contribution in [2.45, 2.75) is 32.9 Å². The zero-order valence-electron chi connectivity index (χ0n) is 11.8. The monoisotopic (exact) mass is 263 g/mol. The van der Waals surface area contributed by atoms with Crippen molar-refractivity contribution in [2.24, 2.45) is 0 Å². The van der Waals surface area contributed by atoms with Crippen molar-refractivity contribution in [3.05, 3.63) is 35.9 Å². The number of Topliss-reactive ketones (excluding diaryl/α,β-unsaturated/α-hetero) is 1. The topological polar surface area (TPSA) is 46.6 Å². The van der Waals surface area contributed by atoms with Crippen molar-refractivity contribution in [1.29, 1.82) is 0 Å². The lowest BCUT2D eigenvalue weighted by molar-refractivity contribution is -0.150. The van der Waals surface area contributed by atoms with Crippen molar-refractivity contribution < 1.29 is 14.3 Å². The molecule has 4 heteroatoms. The number of nitrogens with zero attached hydrogens (tertiary/aromatic N) is 1. The number of ether oxygens (including phenoxy) is 1. The molecule has 0 aliphatic carbocycles. The largest absolute Gasteiger partial charge is 0.461 e. The van der Waals surface area contributed by atoms with Crippen LogP contribution in [0.3, 0.4) is 0 Å². The quantitative estimate of drug-likeness (QED) is 0.558. The SMILES string of the molecule is CC(=O)CC(=O)OC(C)CN(C)Cc1ccccc1. The van der Waals surface area contributed by atoms with Gasteiger partial charge in [0.1, 0.15) is 18.3 Å². The van der Waals surface area contributed by atoms with Crippen LogP contribution in [0, 0.1) is 0 Å². The molecular formula is C15H21NO3. The first kappa shape index (κ1) is 15.4. The van der Waals surface area contributed by atoms with Gasteiger partial charge in [-0.25, -0.2) is 0 Å². The lowest BCUT2D eigenvalue weighted by Gasteiger charge is -2.21. The Hall–Kier alpha value is -1.68. The highest BCUT2D eigenvalue weighted by atomic mass is 16.5. The molecule has 1 aromatic rings. The van der Waals surface area contributed by atoms with E-state index in [2.05, 4.69) is 17.0 Å². The highest BCUT2D eigenvalue weighted by Crippen LogP contribution is 2.05. The van der Waals surface area contributed by atoms with Gasteiger partial charge in [0.15, 0.2) is 0 Å². The van der Waals surface area contributed by atoms with Crippen LogP contribution in [0.2, 0.25) is 0 Å². The average molecular weight is 263 g/mol. The summed E-state index contributed by atoms with van der Waals surface area (Å²) >= 11 is 0. The molecule has 1 atom stereocenters. The van der Waals surface area contributed by atoms with Crippen molar-refractivity contribution in [1.82, 2.24) is 4.90 Å². The molecule has 0 saturated carbocycles. The van der Waals surface area contributed by atoms with E-state index in [1.165, 1.54) is 12.5 Å². The van der Waals surface area contributed by atoms with Gasteiger partial charge in [0.2, 0.25) is 0 Å². The van der Waals surface area contributed by atoms with Crippen LogP contribution in [0.4, 0.5) is 0 Å².